The predicted molar refractivity (Wildman–Crippen MR) is 33.8 cm³/mol. The molecule has 0 aromatic rings. The van der Waals surface area contributed by atoms with Crippen molar-refractivity contribution in [3.63, 3.8) is 0 Å². The fourth-order valence-corrected chi connectivity index (χ4v) is 1.15. The van der Waals surface area contributed by atoms with Crippen LogP contribution in [0.2, 0.25) is 0 Å². The lowest BCUT2D eigenvalue weighted by atomic mass is 10.2. The number of hydroxylamine groups is 2. The minimum absolute atomic E-state index is 0.00231. The maximum Gasteiger partial charge on any atom is 0.145 e. The highest BCUT2D eigenvalue weighted by molar-refractivity contribution is 5.81. The van der Waals surface area contributed by atoms with Crippen LogP contribution in [-0.4, -0.2) is 23.4 Å². The van der Waals surface area contributed by atoms with Crippen molar-refractivity contribution in [1.29, 1.82) is 0 Å². The molecule has 0 N–H and O–H groups in total. The van der Waals surface area contributed by atoms with E-state index in [2.05, 4.69) is 0 Å². The minimum Gasteiger partial charge on any atom is -0.785 e. The van der Waals surface area contributed by atoms with E-state index in [1.54, 1.807) is 0 Å². The van der Waals surface area contributed by atoms with Crippen LogP contribution >= 0.6 is 0 Å². The van der Waals surface area contributed by atoms with Crippen molar-refractivity contribution in [3.8, 4) is 0 Å². The van der Waals surface area contributed by atoms with E-state index in [9.17, 15) is 10.0 Å². The van der Waals surface area contributed by atoms with Crippen molar-refractivity contribution in [2.24, 2.45) is 0 Å². The molecule has 1 heterocycles. The Hall–Kier alpha value is -0.410. The molecule has 3 heteroatoms. The summed E-state index contributed by atoms with van der Waals surface area (Å²) in [5.41, 5.74) is 0. The molecule has 1 rings (SSSR count). The third-order valence-electron chi connectivity index (χ3n) is 1.67. The van der Waals surface area contributed by atoms with Crippen molar-refractivity contribution >= 4 is 5.78 Å². The molecule has 0 aromatic carbocycles. The van der Waals surface area contributed by atoms with E-state index in [0.717, 1.165) is 17.9 Å². The van der Waals surface area contributed by atoms with Gasteiger partial charge in [-0.05, 0) is 26.3 Å². The van der Waals surface area contributed by atoms with Crippen molar-refractivity contribution < 1.29 is 4.79 Å². The summed E-state index contributed by atoms with van der Waals surface area (Å²) in [5.74, 6) is 0.00231. The first-order chi connectivity index (χ1) is 4.22. The maximum absolute atomic E-state index is 10.7. The zero-order valence-electron chi connectivity index (χ0n) is 5.46. The Morgan fingerprint density at radius 2 is 2.44 bits per heavy atom. The average Bonchev–Trinajstić information content (AvgIpc) is 2.13. The van der Waals surface area contributed by atoms with Crippen molar-refractivity contribution in [2.45, 2.75) is 25.8 Å². The highest BCUT2D eigenvalue weighted by Gasteiger charge is 2.20. The largest absolute Gasteiger partial charge is 0.785 e. The number of rotatable bonds is 1. The Labute approximate surface area is 54.2 Å². The second-order valence-corrected chi connectivity index (χ2v) is 2.41. The summed E-state index contributed by atoms with van der Waals surface area (Å²) >= 11 is 0. The van der Waals surface area contributed by atoms with E-state index < -0.39 is 0 Å². The first-order valence-electron chi connectivity index (χ1n) is 3.16. The van der Waals surface area contributed by atoms with Gasteiger partial charge in [0.15, 0.2) is 0 Å². The van der Waals surface area contributed by atoms with Crippen LogP contribution in [0.15, 0.2) is 0 Å². The van der Waals surface area contributed by atoms with Gasteiger partial charge in [-0.3, -0.25) is 4.79 Å². The molecule has 1 atom stereocenters. The summed E-state index contributed by atoms with van der Waals surface area (Å²) in [4.78, 5) is 10.6. The van der Waals surface area contributed by atoms with Crippen molar-refractivity contribution in [3.05, 3.63) is 5.21 Å². The Morgan fingerprint density at radius 3 is 2.67 bits per heavy atom. The van der Waals surface area contributed by atoms with Gasteiger partial charge in [-0.25, -0.2) is 0 Å². The second kappa shape index (κ2) is 2.45. The van der Waals surface area contributed by atoms with Gasteiger partial charge in [0.25, 0.3) is 0 Å². The fourth-order valence-electron chi connectivity index (χ4n) is 1.15. The van der Waals surface area contributed by atoms with Gasteiger partial charge >= 0.3 is 0 Å². The van der Waals surface area contributed by atoms with Crippen LogP contribution in [0.4, 0.5) is 0 Å². The van der Waals surface area contributed by atoms with E-state index >= 15 is 0 Å². The molecule has 1 saturated heterocycles. The summed E-state index contributed by atoms with van der Waals surface area (Å²) in [6, 6.07) is -0.329. The Bertz CT molecular complexity index is 124. The van der Waals surface area contributed by atoms with E-state index in [4.69, 9.17) is 0 Å². The molecular formula is C6H10NO2-. The van der Waals surface area contributed by atoms with Gasteiger partial charge in [0.2, 0.25) is 0 Å². The van der Waals surface area contributed by atoms with Gasteiger partial charge in [0.05, 0.1) is 6.04 Å². The maximum atomic E-state index is 10.7. The smallest absolute Gasteiger partial charge is 0.145 e. The normalized spacial score (nSPS) is 28.9. The van der Waals surface area contributed by atoms with Crippen molar-refractivity contribution in [2.75, 3.05) is 6.54 Å². The summed E-state index contributed by atoms with van der Waals surface area (Å²) in [7, 11) is 0. The molecule has 9 heavy (non-hydrogen) atoms. The lowest BCUT2D eigenvalue weighted by Gasteiger charge is -2.27. The van der Waals surface area contributed by atoms with E-state index in [-0.39, 0.29) is 11.8 Å². The Morgan fingerprint density at radius 1 is 1.78 bits per heavy atom. The van der Waals surface area contributed by atoms with E-state index in [0.29, 0.717) is 6.54 Å². The molecule has 0 saturated carbocycles. The summed E-state index contributed by atoms with van der Waals surface area (Å²) in [6.07, 6.45) is 1.62. The molecule has 0 radical (unpaired) electrons. The van der Waals surface area contributed by atoms with Crippen LogP contribution in [0.5, 0.6) is 0 Å². The minimum atomic E-state index is -0.329. The predicted octanol–water partition coefficient (Wildman–Crippen LogP) is 0.538. The van der Waals surface area contributed by atoms with Crippen LogP contribution in [0, 0.1) is 5.21 Å². The highest BCUT2D eigenvalue weighted by atomic mass is 16.5. The van der Waals surface area contributed by atoms with E-state index in [1.165, 1.54) is 6.92 Å². The monoisotopic (exact) mass is 128 g/mol. The summed E-state index contributed by atoms with van der Waals surface area (Å²) in [5, 5.41) is 11.6. The zero-order valence-corrected chi connectivity index (χ0v) is 5.46. The van der Waals surface area contributed by atoms with E-state index in [1.807, 2.05) is 0 Å². The van der Waals surface area contributed by atoms with Crippen LogP contribution in [-0.2, 0) is 4.79 Å². The lowest BCUT2D eigenvalue weighted by molar-refractivity contribution is -0.120. The second-order valence-electron chi connectivity index (χ2n) is 2.41. The van der Waals surface area contributed by atoms with Crippen LogP contribution in [0.25, 0.3) is 0 Å². The average molecular weight is 128 g/mol. The molecular weight excluding hydrogens is 118 g/mol. The molecule has 1 aliphatic heterocycles. The first-order valence-corrected chi connectivity index (χ1v) is 3.16. The molecule has 0 aromatic heterocycles. The molecule has 1 aliphatic rings. The van der Waals surface area contributed by atoms with Crippen LogP contribution in [0.1, 0.15) is 19.8 Å². The number of hydrogen-bond acceptors (Lipinski definition) is 3. The first kappa shape index (κ1) is 6.71. The van der Waals surface area contributed by atoms with Gasteiger partial charge in [-0.15, -0.1) is 0 Å². The highest BCUT2D eigenvalue weighted by Crippen LogP contribution is 2.15. The number of ketones is 1. The third kappa shape index (κ3) is 1.28. The lowest BCUT2D eigenvalue weighted by Crippen LogP contribution is -2.29. The van der Waals surface area contributed by atoms with Gasteiger partial charge in [-0.1, -0.05) is 0 Å². The Kier molecular flexibility index (Phi) is 1.83. The van der Waals surface area contributed by atoms with Crippen molar-refractivity contribution in [1.82, 2.24) is 5.06 Å². The van der Waals surface area contributed by atoms with Crippen LogP contribution < -0.4 is 0 Å². The number of hydrogen-bond donors (Lipinski definition) is 0. The van der Waals surface area contributed by atoms with Gasteiger partial charge < -0.3 is 10.3 Å². The molecule has 0 unspecified atom stereocenters. The number of Topliss-reactive ketones (excluding diaryl/α,β-unsaturated/α-hetero) is 1. The molecule has 1 fully saturated rings. The number of carbonyl (C=O) groups excluding carboxylic acids is 1. The molecule has 0 bridgehead atoms. The van der Waals surface area contributed by atoms with Gasteiger partial charge in [0.1, 0.15) is 5.78 Å². The van der Waals surface area contributed by atoms with Gasteiger partial charge in [-0.2, -0.15) is 0 Å². The molecule has 3 nitrogen and oxygen atoms in total. The topological polar surface area (TPSA) is 43.4 Å². The molecule has 0 spiro atoms. The molecule has 0 amide bonds. The van der Waals surface area contributed by atoms with Crippen LogP contribution in [0.3, 0.4) is 0 Å². The SMILES string of the molecule is CC(=O)[C@@H]1CCCN1[O-]. The molecule has 52 valence electrons. The fraction of sp³-hybridized carbons (Fsp3) is 0.833. The standard InChI is InChI=1S/C6H10NO2/c1-5(8)6-3-2-4-7(6)9/h6H,2-4H2,1H3/q-1/t6-/m0/s1. The zero-order chi connectivity index (χ0) is 6.85. The third-order valence-corrected chi connectivity index (χ3v) is 1.67. The summed E-state index contributed by atoms with van der Waals surface area (Å²) < 4.78 is 0. The number of carbonyl (C=O) groups is 1. The molecule has 0 aliphatic carbocycles. The van der Waals surface area contributed by atoms with Gasteiger partial charge in [0, 0.05) is 0 Å². The summed E-state index contributed by atoms with van der Waals surface area (Å²) in [6.45, 7) is 2.01. The number of nitrogens with zero attached hydrogens (tertiary/aromatic N) is 1. The quantitative estimate of drug-likeness (QED) is 0.517. The Balaban J connectivity index is 2.49.